The highest BCUT2D eigenvalue weighted by Gasteiger charge is 2.29. The number of ether oxygens (including phenoxy) is 1. The summed E-state index contributed by atoms with van der Waals surface area (Å²) in [6.45, 7) is 4.54. The van der Waals surface area contributed by atoms with Gasteiger partial charge in [0, 0.05) is 29.7 Å². The second-order valence-electron chi connectivity index (χ2n) is 7.69. The summed E-state index contributed by atoms with van der Waals surface area (Å²) in [4.78, 5) is 16.5. The molecule has 1 amide bonds. The molecule has 162 valence electrons. The van der Waals surface area contributed by atoms with Crippen molar-refractivity contribution in [3.05, 3.63) is 46.2 Å². The van der Waals surface area contributed by atoms with E-state index in [1.54, 1.807) is 29.5 Å². The van der Waals surface area contributed by atoms with Gasteiger partial charge in [-0.05, 0) is 55.5 Å². The molecule has 1 unspecified atom stereocenters. The smallest absolute Gasteiger partial charge is 0.243 e. The Morgan fingerprint density at radius 2 is 2.03 bits per heavy atom. The van der Waals surface area contributed by atoms with Crippen molar-refractivity contribution < 1.29 is 17.9 Å². The van der Waals surface area contributed by atoms with Crippen molar-refractivity contribution >= 4 is 33.0 Å². The molecule has 1 aromatic heterocycles. The number of sulfonamides is 1. The van der Waals surface area contributed by atoms with Crippen LogP contribution >= 0.6 is 11.3 Å². The van der Waals surface area contributed by atoms with Crippen LogP contribution in [0.15, 0.2) is 40.6 Å². The van der Waals surface area contributed by atoms with Gasteiger partial charge in [0.05, 0.1) is 24.7 Å². The SMILES string of the molecule is Cc1ccc(S(=O)(=O)N2CCOCC2)cc1NC(=O)CN1CCCC1c1cccs1. The highest BCUT2D eigenvalue weighted by atomic mass is 32.2. The molecule has 2 aromatic rings. The molecule has 2 fully saturated rings. The van der Waals surface area contributed by atoms with Gasteiger partial charge in [0.2, 0.25) is 15.9 Å². The fourth-order valence-electron chi connectivity index (χ4n) is 4.02. The molecule has 0 saturated carbocycles. The molecule has 7 nitrogen and oxygen atoms in total. The van der Waals surface area contributed by atoms with Gasteiger partial charge in [0.25, 0.3) is 0 Å². The second-order valence-corrected chi connectivity index (χ2v) is 10.6. The number of thiophene rings is 1. The van der Waals surface area contributed by atoms with Gasteiger partial charge in [0.15, 0.2) is 0 Å². The van der Waals surface area contributed by atoms with Crippen LogP contribution in [-0.4, -0.2) is 62.9 Å². The summed E-state index contributed by atoms with van der Waals surface area (Å²) < 4.78 is 32.6. The Balaban J connectivity index is 1.46. The summed E-state index contributed by atoms with van der Waals surface area (Å²) in [7, 11) is -3.60. The molecular formula is C21H27N3O4S2. The summed E-state index contributed by atoms with van der Waals surface area (Å²) in [5.41, 5.74) is 1.38. The zero-order valence-electron chi connectivity index (χ0n) is 17.0. The van der Waals surface area contributed by atoms with Crippen molar-refractivity contribution in [2.45, 2.75) is 30.7 Å². The predicted molar refractivity (Wildman–Crippen MR) is 117 cm³/mol. The molecular weight excluding hydrogens is 422 g/mol. The van der Waals surface area contributed by atoms with Gasteiger partial charge in [0.1, 0.15) is 0 Å². The molecule has 9 heteroatoms. The third kappa shape index (κ3) is 4.60. The van der Waals surface area contributed by atoms with Gasteiger partial charge in [-0.25, -0.2) is 8.42 Å². The fourth-order valence-corrected chi connectivity index (χ4v) is 6.36. The average Bonchev–Trinajstić information content (AvgIpc) is 3.42. The minimum atomic E-state index is -3.60. The Hall–Kier alpha value is -1.78. The highest BCUT2D eigenvalue weighted by molar-refractivity contribution is 7.89. The van der Waals surface area contributed by atoms with Crippen molar-refractivity contribution in [3.63, 3.8) is 0 Å². The van der Waals surface area contributed by atoms with Crippen molar-refractivity contribution in [1.82, 2.24) is 9.21 Å². The maximum absolute atomic E-state index is 12.9. The number of nitrogens with one attached hydrogen (secondary N) is 1. The van der Waals surface area contributed by atoms with E-state index in [4.69, 9.17) is 4.74 Å². The van der Waals surface area contributed by atoms with Crippen molar-refractivity contribution in [2.24, 2.45) is 0 Å². The minimum Gasteiger partial charge on any atom is -0.379 e. The van der Waals surface area contributed by atoms with Crippen LogP contribution < -0.4 is 5.32 Å². The predicted octanol–water partition coefficient (Wildman–Crippen LogP) is 2.85. The first-order valence-corrected chi connectivity index (χ1v) is 12.5. The molecule has 2 aliphatic heterocycles. The van der Waals surface area contributed by atoms with E-state index >= 15 is 0 Å². The van der Waals surface area contributed by atoms with Crippen LogP contribution in [0.1, 0.15) is 29.3 Å². The normalized spacial score (nSPS) is 21.0. The zero-order valence-corrected chi connectivity index (χ0v) is 18.7. The third-order valence-corrected chi connectivity index (χ3v) is 8.54. The Bertz CT molecular complexity index is 986. The van der Waals surface area contributed by atoms with Gasteiger partial charge >= 0.3 is 0 Å². The first-order chi connectivity index (χ1) is 14.4. The van der Waals surface area contributed by atoms with Crippen molar-refractivity contribution in [2.75, 3.05) is 44.7 Å². The largest absolute Gasteiger partial charge is 0.379 e. The van der Waals surface area contributed by atoms with E-state index in [2.05, 4.69) is 21.7 Å². The van der Waals surface area contributed by atoms with E-state index in [-0.39, 0.29) is 16.8 Å². The standard InChI is InChI=1S/C21H27N3O4S2/c1-16-6-7-17(30(26,27)24-9-11-28-12-10-24)14-18(16)22-21(25)15-23-8-2-4-19(23)20-5-3-13-29-20/h3,5-7,13-14,19H,2,4,8-12,15H2,1H3,(H,22,25). The van der Waals surface area contributed by atoms with Gasteiger partial charge in [-0.1, -0.05) is 12.1 Å². The molecule has 0 radical (unpaired) electrons. The molecule has 0 spiro atoms. The number of amides is 1. The highest BCUT2D eigenvalue weighted by Crippen LogP contribution is 2.34. The summed E-state index contributed by atoms with van der Waals surface area (Å²) in [6, 6.07) is 9.36. The van der Waals surface area contributed by atoms with Crippen LogP contribution in [0.4, 0.5) is 5.69 Å². The van der Waals surface area contributed by atoms with E-state index in [9.17, 15) is 13.2 Å². The Morgan fingerprint density at radius 3 is 2.77 bits per heavy atom. The number of nitrogens with zero attached hydrogens (tertiary/aromatic N) is 2. The molecule has 0 bridgehead atoms. The molecule has 3 heterocycles. The number of rotatable bonds is 6. The molecule has 0 aliphatic carbocycles. The topological polar surface area (TPSA) is 79.0 Å². The van der Waals surface area contributed by atoms with E-state index in [0.717, 1.165) is 24.9 Å². The van der Waals surface area contributed by atoms with Gasteiger partial charge in [-0.15, -0.1) is 11.3 Å². The Labute approximate surface area is 181 Å². The Kier molecular flexibility index (Phi) is 6.54. The van der Waals surface area contributed by atoms with Crippen LogP contribution in [0.2, 0.25) is 0 Å². The number of benzene rings is 1. The van der Waals surface area contributed by atoms with Gasteiger partial charge in [-0.2, -0.15) is 4.31 Å². The van der Waals surface area contributed by atoms with Crippen LogP contribution in [0.5, 0.6) is 0 Å². The summed E-state index contributed by atoms with van der Waals surface area (Å²) in [5, 5.41) is 5.00. The monoisotopic (exact) mass is 449 g/mol. The lowest BCUT2D eigenvalue weighted by Crippen LogP contribution is -2.40. The van der Waals surface area contributed by atoms with Crippen molar-refractivity contribution in [1.29, 1.82) is 0 Å². The van der Waals surface area contributed by atoms with E-state index in [0.29, 0.717) is 38.5 Å². The maximum Gasteiger partial charge on any atom is 0.243 e. The zero-order chi connectivity index (χ0) is 21.1. The summed E-state index contributed by atoms with van der Waals surface area (Å²) in [5.74, 6) is -0.123. The quantitative estimate of drug-likeness (QED) is 0.734. The Morgan fingerprint density at radius 1 is 1.23 bits per heavy atom. The number of aryl methyl sites for hydroxylation is 1. The number of hydrogen-bond acceptors (Lipinski definition) is 6. The second kappa shape index (κ2) is 9.15. The number of likely N-dealkylation sites (tertiary alicyclic amines) is 1. The van der Waals surface area contributed by atoms with E-state index in [1.807, 2.05) is 13.0 Å². The number of hydrogen-bond donors (Lipinski definition) is 1. The molecule has 4 rings (SSSR count). The van der Waals surface area contributed by atoms with Crippen molar-refractivity contribution in [3.8, 4) is 0 Å². The number of morpholine rings is 1. The minimum absolute atomic E-state index is 0.123. The lowest BCUT2D eigenvalue weighted by Gasteiger charge is -2.26. The molecule has 30 heavy (non-hydrogen) atoms. The third-order valence-electron chi connectivity index (χ3n) is 5.67. The molecule has 1 atom stereocenters. The van der Waals surface area contributed by atoms with E-state index < -0.39 is 10.0 Å². The summed E-state index contributed by atoms with van der Waals surface area (Å²) >= 11 is 1.72. The molecule has 1 aromatic carbocycles. The first-order valence-electron chi connectivity index (χ1n) is 10.2. The van der Waals surface area contributed by atoms with Gasteiger partial charge < -0.3 is 10.1 Å². The van der Waals surface area contributed by atoms with Crippen LogP contribution in [0, 0.1) is 6.92 Å². The molecule has 1 N–H and O–H groups in total. The maximum atomic E-state index is 12.9. The van der Waals surface area contributed by atoms with Crippen LogP contribution in [-0.2, 0) is 19.6 Å². The number of carbonyl (C=O) groups is 1. The first kappa shape index (κ1) is 21.5. The number of anilines is 1. The lowest BCUT2D eigenvalue weighted by atomic mass is 10.2. The fraction of sp³-hybridized carbons (Fsp3) is 0.476. The summed E-state index contributed by atoms with van der Waals surface area (Å²) in [6.07, 6.45) is 2.13. The number of carbonyl (C=O) groups excluding carboxylic acids is 1. The van der Waals surface area contributed by atoms with Crippen LogP contribution in [0.3, 0.4) is 0 Å². The average molecular weight is 450 g/mol. The lowest BCUT2D eigenvalue weighted by molar-refractivity contribution is -0.117. The van der Waals surface area contributed by atoms with E-state index in [1.165, 1.54) is 9.18 Å². The molecule has 2 aliphatic rings. The molecule has 2 saturated heterocycles. The van der Waals surface area contributed by atoms with Gasteiger partial charge in [-0.3, -0.25) is 9.69 Å². The van der Waals surface area contributed by atoms with Crippen LogP contribution in [0.25, 0.3) is 0 Å².